The lowest BCUT2D eigenvalue weighted by atomic mass is 10.2. The van der Waals surface area contributed by atoms with Crippen molar-refractivity contribution in [3.63, 3.8) is 0 Å². The molecule has 0 saturated heterocycles. The molecule has 2 aromatic heterocycles. The molecule has 0 aliphatic carbocycles. The largest absolute Gasteiger partial charge is 0.332 e. The number of H-pyrrole nitrogens is 2. The predicted molar refractivity (Wildman–Crippen MR) is 81.2 cm³/mol. The highest BCUT2D eigenvalue weighted by molar-refractivity contribution is 5.75. The van der Waals surface area contributed by atoms with Crippen LogP contribution in [0.4, 0.5) is 0 Å². The monoisotopic (exact) mass is 284 g/mol. The summed E-state index contributed by atoms with van der Waals surface area (Å²) in [5.41, 5.74) is 0.735. The molecule has 0 spiro atoms. The van der Waals surface area contributed by atoms with Crippen molar-refractivity contribution in [1.82, 2.24) is 19.5 Å². The second-order valence-corrected chi connectivity index (χ2v) is 5.41. The molecule has 2 N–H and O–H groups in total. The summed E-state index contributed by atoms with van der Waals surface area (Å²) in [6.45, 7) is 4.52. The molecule has 3 rings (SSSR count). The Morgan fingerprint density at radius 2 is 1.86 bits per heavy atom. The van der Waals surface area contributed by atoms with Crippen LogP contribution in [0.1, 0.15) is 13.8 Å². The van der Waals surface area contributed by atoms with Gasteiger partial charge in [0.15, 0.2) is 5.65 Å². The first-order valence-electron chi connectivity index (χ1n) is 6.84. The first-order chi connectivity index (χ1) is 10.1. The van der Waals surface area contributed by atoms with Crippen LogP contribution >= 0.6 is 0 Å². The fourth-order valence-corrected chi connectivity index (χ4v) is 2.31. The average Bonchev–Trinajstić information content (AvgIpc) is 2.90. The van der Waals surface area contributed by atoms with E-state index in [4.69, 9.17) is 0 Å². The molecule has 108 valence electrons. The summed E-state index contributed by atoms with van der Waals surface area (Å²) in [5, 5.41) is 0. The fraction of sp³-hybridized carbons (Fsp3) is 0.267. The zero-order chi connectivity index (χ0) is 15.0. The lowest BCUT2D eigenvalue weighted by molar-refractivity contribution is 0.513. The van der Waals surface area contributed by atoms with Crippen molar-refractivity contribution in [2.24, 2.45) is 5.92 Å². The third-order valence-electron chi connectivity index (χ3n) is 3.23. The molecule has 6 heteroatoms. The summed E-state index contributed by atoms with van der Waals surface area (Å²) in [7, 11) is 0. The standard InChI is InChI=1S/C15H16N4O2/c1-9(2)8-19-13-11(14(20)18-15(19)21)16-12(17-13)10-6-4-3-5-7-10/h3-7,9H,8H2,1-2H3,(H,16,17)(H,18,20,21). The average molecular weight is 284 g/mol. The van der Waals surface area contributed by atoms with Crippen LogP contribution in [0.3, 0.4) is 0 Å². The number of imidazole rings is 1. The topological polar surface area (TPSA) is 83.5 Å². The lowest BCUT2D eigenvalue weighted by Gasteiger charge is -2.07. The van der Waals surface area contributed by atoms with Gasteiger partial charge in [-0.25, -0.2) is 9.78 Å². The van der Waals surface area contributed by atoms with E-state index in [0.29, 0.717) is 23.5 Å². The van der Waals surface area contributed by atoms with Gasteiger partial charge in [0.2, 0.25) is 0 Å². The predicted octanol–water partition coefficient (Wildman–Crippen LogP) is 1.74. The van der Waals surface area contributed by atoms with Crippen molar-refractivity contribution in [1.29, 1.82) is 0 Å². The van der Waals surface area contributed by atoms with E-state index in [1.54, 1.807) is 0 Å². The van der Waals surface area contributed by atoms with Gasteiger partial charge >= 0.3 is 5.69 Å². The molecule has 0 radical (unpaired) electrons. The molecule has 21 heavy (non-hydrogen) atoms. The maximum absolute atomic E-state index is 12.0. The van der Waals surface area contributed by atoms with E-state index in [9.17, 15) is 9.59 Å². The number of benzene rings is 1. The SMILES string of the molecule is CC(C)Cn1c(=O)[nH]c(=O)c2[nH]c(-c3ccccc3)nc21. The van der Waals surface area contributed by atoms with Gasteiger partial charge in [0.1, 0.15) is 11.3 Å². The van der Waals surface area contributed by atoms with Gasteiger partial charge in [-0.15, -0.1) is 0 Å². The van der Waals surface area contributed by atoms with Crippen LogP contribution in [0.25, 0.3) is 22.6 Å². The number of aromatic amines is 2. The van der Waals surface area contributed by atoms with Gasteiger partial charge in [0.25, 0.3) is 5.56 Å². The van der Waals surface area contributed by atoms with E-state index in [2.05, 4.69) is 15.0 Å². The number of nitrogens with zero attached hydrogens (tertiary/aromatic N) is 2. The Morgan fingerprint density at radius 3 is 2.52 bits per heavy atom. The number of rotatable bonds is 3. The van der Waals surface area contributed by atoms with Crippen LogP contribution < -0.4 is 11.2 Å². The lowest BCUT2D eigenvalue weighted by Crippen LogP contribution is -2.31. The molecule has 0 atom stereocenters. The van der Waals surface area contributed by atoms with E-state index in [-0.39, 0.29) is 5.92 Å². The number of fused-ring (bicyclic) bond motifs is 1. The zero-order valence-electron chi connectivity index (χ0n) is 11.9. The van der Waals surface area contributed by atoms with Crippen LogP contribution in [-0.4, -0.2) is 19.5 Å². The minimum absolute atomic E-state index is 0.272. The van der Waals surface area contributed by atoms with Gasteiger partial charge < -0.3 is 4.98 Å². The second kappa shape index (κ2) is 5.05. The van der Waals surface area contributed by atoms with Crippen molar-refractivity contribution < 1.29 is 0 Å². The second-order valence-electron chi connectivity index (χ2n) is 5.41. The van der Waals surface area contributed by atoms with Crippen molar-refractivity contribution in [3.8, 4) is 11.4 Å². The molecule has 0 bridgehead atoms. The van der Waals surface area contributed by atoms with E-state index < -0.39 is 11.2 Å². The van der Waals surface area contributed by atoms with Gasteiger partial charge in [0, 0.05) is 12.1 Å². The molecular formula is C15H16N4O2. The van der Waals surface area contributed by atoms with E-state index in [1.807, 2.05) is 44.2 Å². The molecule has 2 heterocycles. The number of hydrogen-bond donors (Lipinski definition) is 2. The quantitative estimate of drug-likeness (QED) is 0.768. The highest BCUT2D eigenvalue weighted by Crippen LogP contribution is 2.17. The molecule has 0 aliphatic rings. The van der Waals surface area contributed by atoms with Gasteiger partial charge in [-0.2, -0.15) is 0 Å². The summed E-state index contributed by atoms with van der Waals surface area (Å²) in [6, 6.07) is 9.50. The van der Waals surface area contributed by atoms with E-state index >= 15 is 0 Å². The molecule has 0 aliphatic heterocycles. The Morgan fingerprint density at radius 1 is 1.14 bits per heavy atom. The molecule has 0 amide bonds. The molecule has 3 aromatic rings. The van der Waals surface area contributed by atoms with E-state index in [0.717, 1.165) is 5.56 Å². The molecular weight excluding hydrogens is 268 g/mol. The third kappa shape index (κ3) is 2.40. The van der Waals surface area contributed by atoms with Gasteiger partial charge in [-0.05, 0) is 5.92 Å². The van der Waals surface area contributed by atoms with Crippen LogP contribution in [-0.2, 0) is 6.54 Å². The minimum Gasteiger partial charge on any atom is -0.332 e. The molecule has 0 saturated carbocycles. The van der Waals surface area contributed by atoms with Gasteiger partial charge in [0.05, 0.1) is 0 Å². The van der Waals surface area contributed by atoms with Crippen molar-refractivity contribution in [2.45, 2.75) is 20.4 Å². The number of hydrogen-bond acceptors (Lipinski definition) is 3. The maximum atomic E-state index is 12.0. The Bertz CT molecular complexity index is 887. The molecule has 6 nitrogen and oxygen atoms in total. The summed E-state index contributed by atoms with van der Waals surface area (Å²) < 4.78 is 1.50. The van der Waals surface area contributed by atoms with Crippen molar-refractivity contribution in [3.05, 3.63) is 51.2 Å². The van der Waals surface area contributed by atoms with Crippen LogP contribution in [0, 0.1) is 5.92 Å². The Labute approximate surface area is 120 Å². The summed E-state index contributed by atoms with van der Waals surface area (Å²) >= 11 is 0. The Hall–Kier alpha value is -2.63. The number of nitrogens with one attached hydrogen (secondary N) is 2. The van der Waals surface area contributed by atoms with Gasteiger partial charge in [-0.3, -0.25) is 14.3 Å². The smallest absolute Gasteiger partial charge is 0.330 e. The molecule has 0 fully saturated rings. The fourth-order valence-electron chi connectivity index (χ4n) is 2.31. The summed E-state index contributed by atoms with van der Waals surface area (Å²) in [4.78, 5) is 33.7. The normalized spacial score (nSPS) is 11.4. The van der Waals surface area contributed by atoms with E-state index in [1.165, 1.54) is 4.57 Å². The number of aromatic nitrogens is 4. The van der Waals surface area contributed by atoms with Crippen molar-refractivity contribution >= 4 is 11.2 Å². The zero-order valence-corrected chi connectivity index (χ0v) is 11.9. The minimum atomic E-state index is -0.440. The third-order valence-corrected chi connectivity index (χ3v) is 3.23. The highest BCUT2D eigenvalue weighted by atomic mass is 16.2. The maximum Gasteiger partial charge on any atom is 0.330 e. The molecule has 1 aromatic carbocycles. The molecule has 0 unspecified atom stereocenters. The van der Waals surface area contributed by atoms with Crippen LogP contribution in [0.5, 0.6) is 0 Å². The van der Waals surface area contributed by atoms with Gasteiger partial charge in [-0.1, -0.05) is 44.2 Å². The first-order valence-corrected chi connectivity index (χ1v) is 6.84. The summed E-state index contributed by atoms with van der Waals surface area (Å²) in [6.07, 6.45) is 0. The highest BCUT2D eigenvalue weighted by Gasteiger charge is 2.14. The Balaban J connectivity index is 2.27. The van der Waals surface area contributed by atoms with Crippen molar-refractivity contribution in [2.75, 3.05) is 0 Å². The Kier molecular flexibility index (Phi) is 3.21. The van der Waals surface area contributed by atoms with Crippen LogP contribution in [0.2, 0.25) is 0 Å². The van der Waals surface area contributed by atoms with Crippen LogP contribution in [0.15, 0.2) is 39.9 Å². The first kappa shape index (κ1) is 13.4. The summed E-state index contributed by atoms with van der Waals surface area (Å²) in [5.74, 6) is 0.855.